The first-order valence-corrected chi connectivity index (χ1v) is 10.9. The summed E-state index contributed by atoms with van der Waals surface area (Å²) in [6.45, 7) is 4.20. The van der Waals surface area contributed by atoms with Crippen LogP contribution >= 0.6 is 0 Å². The third-order valence-corrected chi connectivity index (χ3v) is 4.70. The number of para-hydroxylation sites is 1. The molecule has 3 rings (SSSR count). The first kappa shape index (κ1) is 24.6. The highest BCUT2D eigenvalue weighted by Gasteiger charge is 2.13. The minimum atomic E-state index is -0.701. The van der Waals surface area contributed by atoms with Crippen molar-refractivity contribution in [3.05, 3.63) is 76.2 Å². The van der Waals surface area contributed by atoms with Crippen LogP contribution in [-0.2, 0) is 9.53 Å². The summed E-state index contributed by atoms with van der Waals surface area (Å²) in [5, 5.41) is 3.29. The molecule has 0 bridgehead atoms. The van der Waals surface area contributed by atoms with E-state index in [1.165, 1.54) is 12.1 Å². The molecule has 34 heavy (non-hydrogen) atoms. The van der Waals surface area contributed by atoms with Crippen LogP contribution in [0.2, 0.25) is 0 Å². The van der Waals surface area contributed by atoms with Gasteiger partial charge in [-0.2, -0.15) is 0 Å². The zero-order chi connectivity index (χ0) is 24.5. The van der Waals surface area contributed by atoms with Crippen molar-refractivity contribution in [1.29, 1.82) is 0 Å². The van der Waals surface area contributed by atoms with Crippen LogP contribution in [-0.4, -0.2) is 38.2 Å². The summed E-state index contributed by atoms with van der Waals surface area (Å²) < 4.78 is 21.3. The smallest absolute Gasteiger partial charge is 0.349 e. The van der Waals surface area contributed by atoms with Crippen LogP contribution in [0.1, 0.15) is 36.2 Å². The standard InChI is InChI=1S/C26H27NO7/c1-17(2)33-22-11-9-18(15-23(22)31-3)10-12-24(28)32-14-6-13-27-25(29)20-16-19-7-4-5-8-21(19)34-26(20)30/h4-5,7-12,15-17H,6,13-14H2,1-3H3,(H,27,29)/b12-10+. The van der Waals surface area contributed by atoms with Gasteiger partial charge in [-0.1, -0.05) is 24.3 Å². The Balaban J connectivity index is 1.44. The molecule has 8 nitrogen and oxygen atoms in total. The molecule has 178 valence electrons. The van der Waals surface area contributed by atoms with Gasteiger partial charge in [0.2, 0.25) is 0 Å². The molecule has 0 saturated heterocycles. The molecule has 0 saturated carbocycles. The number of rotatable bonds is 10. The van der Waals surface area contributed by atoms with E-state index in [0.29, 0.717) is 28.9 Å². The Hall–Kier alpha value is -4.07. The SMILES string of the molecule is COc1cc(/C=C/C(=O)OCCCNC(=O)c2cc3ccccc3oc2=O)ccc1OC(C)C. The quantitative estimate of drug-likeness (QED) is 0.209. The molecule has 0 aliphatic rings. The number of esters is 1. The molecular formula is C26H27NO7. The highest BCUT2D eigenvalue weighted by molar-refractivity contribution is 5.96. The molecule has 0 atom stereocenters. The normalized spacial score (nSPS) is 11.1. The van der Waals surface area contributed by atoms with Gasteiger partial charge in [0.15, 0.2) is 11.5 Å². The lowest BCUT2D eigenvalue weighted by molar-refractivity contribution is -0.137. The lowest BCUT2D eigenvalue weighted by Crippen LogP contribution is -2.29. The number of carbonyl (C=O) groups excluding carboxylic acids is 2. The Labute approximate surface area is 197 Å². The zero-order valence-corrected chi connectivity index (χ0v) is 19.3. The molecule has 0 radical (unpaired) electrons. The van der Waals surface area contributed by atoms with E-state index in [9.17, 15) is 14.4 Å². The van der Waals surface area contributed by atoms with Gasteiger partial charge >= 0.3 is 11.6 Å². The molecule has 8 heteroatoms. The maximum absolute atomic E-state index is 12.3. The number of benzene rings is 2. The summed E-state index contributed by atoms with van der Waals surface area (Å²) in [5.74, 6) is 0.147. The predicted octanol–water partition coefficient (Wildman–Crippen LogP) is 3.97. The van der Waals surface area contributed by atoms with E-state index >= 15 is 0 Å². The van der Waals surface area contributed by atoms with E-state index in [1.807, 2.05) is 19.9 Å². The number of amides is 1. The van der Waals surface area contributed by atoms with Crippen LogP contribution in [0.25, 0.3) is 17.0 Å². The zero-order valence-electron chi connectivity index (χ0n) is 19.3. The molecule has 2 aromatic carbocycles. The summed E-state index contributed by atoms with van der Waals surface area (Å²) in [5.41, 5.74) is 0.403. The lowest BCUT2D eigenvalue weighted by Gasteiger charge is -2.13. The molecule has 1 amide bonds. The number of hydrogen-bond acceptors (Lipinski definition) is 7. The average Bonchev–Trinajstić information content (AvgIpc) is 2.82. The van der Waals surface area contributed by atoms with Gasteiger partial charge in [-0.25, -0.2) is 9.59 Å². The van der Waals surface area contributed by atoms with Crippen molar-refractivity contribution in [2.75, 3.05) is 20.3 Å². The van der Waals surface area contributed by atoms with Gasteiger partial charge in [0, 0.05) is 18.0 Å². The number of nitrogens with one attached hydrogen (secondary N) is 1. The van der Waals surface area contributed by atoms with Crippen molar-refractivity contribution < 1.29 is 28.2 Å². The van der Waals surface area contributed by atoms with Crippen LogP contribution in [0.5, 0.6) is 11.5 Å². The van der Waals surface area contributed by atoms with Crippen LogP contribution < -0.4 is 20.4 Å². The van der Waals surface area contributed by atoms with E-state index in [2.05, 4.69) is 5.32 Å². The summed E-state index contributed by atoms with van der Waals surface area (Å²) in [6, 6.07) is 13.8. The number of methoxy groups -OCH3 is 1. The molecule has 0 unspecified atom stereocenters. The second kappa shape index (κ2) is 11.7. The van der Waals surface area contributed by atoms with Gasteiger partial charge in [0.05, 0.1) is 19.8 Å². The van der Waals surface area contributed by atoms with Gasteiger partial charge in [0.25, 0.3) is 5.91 Å². The van der Waals surface area contributed by atoms with E-state index < -0.39 is 17.5 Å². The fourth-order valence-electron chi connectivity index (χ4n) is 3.11. The van der Waals surface area contributed by atoms with E-state index in [1.54, 1.807) is 49.6 Å². The van der Waals surface area contributed by atoms with Crippen molar-refractivity contribution in [2.45, 2.75) is 26.4 Å². The monoisotopic (exact) mass is 465 g/mol. The first-order valence-electron chi connectivity index (χ1n) is 10.9. The Morgan fingerprint density at radius 2 is 1.88 bits per heavy atom. The van der Waals surface area contributed by atoms with Gasteiger partial charge in [-0.3, -0.25) is 4.79 Å². The van der Waals surface area contributed by atoms with Crippen molar-refractivity contribution in [2.24, 2.45) is 0 Å². The lowest BCUT2D eigenvalue weighted by atomic mass is 10.2. The van der Waals surface area contributed by atoms with Gasteiger partial charge in [-0.15, -0.1) is 0 Å². The van der Waals surface area contributed by atoms with Crippen LogP contribution in [0.4, 0.5) is 0 Å². The molecule has 0 spiro atoms. The summed E-state index contributed by atoms with van der Waals surface area (Å²) in [6.07, 6.45) is 3.33. The van der Waals surface area contributed by atoms with Crippen molar-refractivity contribution in [1.82, 2.24) is 5.32 Å². The second-order valence-corrected chi connectivity index (χ2v) is 7.67. The molecule has 1 aromatic heterocycles. The molecule has 0 aliphatic carbocycles. The summed E-state index contributed by atoms with van der Waals surface area (Å²) in [4.78, 5) is 36.3. The van der Waals surface area contributed by atoms with E-state index in [-0.39, 0.29) is 24.8 Å². The minimum Gasteiger partial charge on any atom is -0.493 e. The number of hydrogen-bond donors (Lipinski definition) is 1. The Morgan fingerprint density at radius 3 is 2.65 bits per heavy atom. The van der Waals surface area contributed by atoms with Crippen LogP contribution in [0, 0.1) is 0 Å². The summed E-state index contributed by atoms with van der Waals surface area (Å²) >= 11 is 0. The van der Waals surface area contributed by atoms with Gasteiger partial charge < -0.3 is 23.9 Å². The van der Waals surface area contributed by atoms with E-state index in [0.717, 1.165) is 5.56 Å². The van der Waals surface area contributed by atoms with Crippen molar-refractivity contribution in [3.63, 3.8) is 0 Å². The topological polar surface area (TPSA) is 104 Å². The Morgan fingerprint density at radius 1 is 1.09 bits per heavy atom. The predicted molar refractivity (Wildman–Crippen MR) is 128 cm³/mol. The van der Waals surface area contributed by atoms with Crippen LogP contribution in [0.3, 0.4) is 0 Å². The number of ether oxygens (including phenoxy) is 3. The number of carbonyl (C=O) groups is 2. The molecular weight excluding hydrogens is 438 g/mol. The van der Waals surface area contributed by atoms with Gasteiger partial charge in [0.1, 0.15) is 11.1 Å². The van der Waals surface area contributed by atoms with Crippen molar-refractivity contribution in [3.8, 4) is 11.5 Å². The fraction of sp³-hybridized carbons (Fsp3) is 0.269. The maximum atomic E-state index is 12.3. The molecule has 0 fully saturated rings. The molecule has 1 heterocycles. The second-order valence-electron chi connectivity index (χ2n) is 7.67. The molecule has 1 N–H and O–H groups in total. The van der Waals surface area contributed by atoms with Crippen molar-refractivity contribution >= 4 is 28.9 Å². The first-order chi connectivity index (χ1) is 16.4. The Kier molecular flexibility index (Phi) is 8.45. The summed E-state index contributed by atoms with van der Waals surface area (Å²) in [7, 11) is 1.55. The number of fused-ring (bicyclic) bond motifs is 1. The third-order valence-electron chi connectivity index (χ3n) is 4.70. The van der Waals surface area contributed by atoms with E-state index in [4.69, 9.17) is 18.6 Å². The highest BCUT2D eigenvalue weighted by atomic mass is 16.5. The molecule has 0 aliphatic heterocycles. The highest BCUT2D eigenvalue weighted by Crippen LogP contribution is 2.29. The average molecular weight is 466 g/mol. The van der Waals surface area contributed by atoms with Gasteiger partial charge in [-0.05, 0) is 56.2 Å². The maximum Gasteiger partial charge on any atom is 0.349 e. The third kappa shape index (κ3) is 6.71. The largest absolute Gasteiger partial charge is 0.493 e. The van der Waals surface area contributed by atoms with Crippen LogP contribution in [0.15, 0.2) is 63.8 Å². The minimum absolute atomic E-state index is 0.0139. The fourth-order valence-corrected chi connectivity index (χ4v) is 3.11. The molecule has 3 aromatic rings. The Bertz CT molecular complexity index is 1240.